The van der Waals surface area contributed by atoms with Crippen LogP contribution in [0.1, 0.15) is 107 Å². The number of esters is 1. The normalized spacial score (nSPS) is 10.1. The molecule has 0 bridgehead atoms. The number of phenols is 1. The summed E-state index contributed by atoms with van der Waals surface area (Å²) in [4.78, 5) is 21.1. The summed E-state index contributed by atoms with van der Waals surface area (Å²) in [5.74, 6) is -0.916. The Labute approximate surface area is 176 Å². The molecule has 0 fully saturated rings. The summed E-state index contributed by atoms with van der Waals surface area (Å²) in [7, 11) is 1.31. The molecule has 0 saturated heterocycles. The number of carbonyl (C=O) groups excluding carboxylic acids is 1. The van der Waals surface area contributed by atoms with Gasteiger partial charge in [0.1, 0.15) is 5.75 Å². The maximum atomic E-state index is 10.8. The Bertz CT molecular complexity index is 525. The monoisotopic (exact) mass is 408 g/mol. The minimum atomic E-state index is -0.655. The predicted octanol–water partition coefficient (Wildman–Crippen LogP) is 6.73. The highest BCUT2D eigenvalue weighted by Gasteiger charge is 2.02. The molecule has 0 aliphatic rings. The molecule has 29 heavy (non-hydrogen) atoms. The van der Waals surface area contributed by atoms with Crippen LogP contribution in [-0.2, 0) is 9.53 Å². The van der Waals surface area contributed by atoms with Crippen molar-refractivity contribution < 1.29 is 24.5 Å². The van der Waals surface area contributed by atoms with Crippen LogP contribution >= 0.6 is 0 Å². The first-order chi connectivity index (χ1) is 14.0. The minimum Gasteiger partial charge on any atom is -0.508 e. The van der Waals surface area contributed by atoms with E-state index in [1.807, 2.05) is 0 Å². The molecule has 0 aliphatic carbocycles. The number of carbonyl (C=O) groups is 2. The summed E-state index contributed by atoms with van der Waals surface area (Å²) in [6.45, 7) is 2.26. The van der Waals surface area contributed by atoms with Gasteiger partial charge in [0.15, 0.2) is 0 Å². The van der Waals surface area contributed by atoms with Crippen molar-refractivity contribution >= 4 is 11.9 Å². The second-order valence-electron chi connectivity index (χ2n) is 7.42. The maximum Gasteiger partial charge on any atom is 0.337 e. The number of carboxylic acid groups (broad SMARTS) is 1. The molecule has 0 aliphatic heterocycles. The molecule has 0 unspecified atom stereocenters. The second kappa shape index (κ2) is 19.3. The zero-order valence-corrected chi connectivity index (χ0v) is 18.3. The molecule has 2 N–H and O–H groups in total. The molecular formula is C24H40O5. The highest BCUT2D eigenvalue weighted by atomic mass is 16.5. The number of aromatic hydroxyl groups is 1. The smallest absolute Gasteiger partial charge is 0.337 e. The van der Waals surface area contributed by atoms with Crippen molar-refractivity contribution in [1.29, 1.82) is 0 Å². The van der Waals surface area contributed by atoms with Gasteiger partial charge in [-0.2, -0.15) is 0 Å². The highest BCUT2D eigenvalue weighted by molar-refractivity contribution is 5.89. The van der Waals surface area contributed by atoms with Gasteiger partial charge in [-0.3, -0.25) is 4.79 Å². The number of benzene rings is 1. The molecule has 5 heteroatoms. The summed E-state index contributed by atoms with van der Waals surface area (Å²) in [5.41, 5.74) is 0.435. The summed E-state index contributed by atoms with van der Waals surface area (Å²) in [5, 5.41) is 17.3. The van der Waals surface area contributed by atoms with Crippen molar-refractivity contribution in [2.24, 2.45) is 0 Å². The van der Waals surface area contributed by atoms with Crippen LogP contribution in [0.2, 0.25) is 0 Å². The Morgan fingerprint density at radius 2 is 1.17 bits per heavy atom. The number of aliphatic carboxylic acids is 1. The van der Waals surface area contributed by atoms with E-state index in [0.717, 1.165) is 12.8 Å². The van der Waals surface area contributed by atoms with E-state index in [4.69, 9.17) is 10.2 Å². The molecule has 1 rings (SSSR count). The molecule has 5 nitrogen and oxygen atoms in total. The van der Waals surface area contributed by atoms with Gasteiger partial charge in [-0.1, -0.05) is 84.0 Å². The van der Waals surface area contributed by atoms with Crippen LogP contribution in [0.4, 0.5) is 0 Å². The fraction of sp³-hybridized carbons (Fsp3) is 0.667. The molecule has 0 spiro atoms. The predicted molar refractivity (Wildman–Crippen MR) is 117 cm³/mol. The Kier molecular flexibility index (Phi) is 17.9. The van der Waals surface area contributed by atoms with Gasteiger partial charge in [0.05, 0.1) is 12.7 Å². The molecule has 0 atom stereocenters. The van der Waals surface area contributed by atoms with Crippen LogP contribution in [0.3, 0.4) is 0 Å². The topological polar surface area (TPSA) is 83.8 Å². The summed E-state index contributed by atoms with van der Waals surface area (Å²) >= 11 is 0. The van der Waals surface area contributed by atoms with Gasteiger partial charge in [-0.05, 0) is 30.7 Å². The summed E-state index contributed by atoms with van der Waals surface area (Å²) < 4.78 is 4.46. The molecule has 0 heterocycles. The van der Waals surface area contributed by atoms with Crippen LogP contribution in [-0.4, -0.2) is 29.3 Å². The molecule has 0 aromatic heterocycles. The lowest BCUT2D eigenvalue weighted by Gasteiger charge is -2.02. The number of ether oxygens (including phenoxy) is 1. The second-order valence-corrected chi connectivity index (χ2v) is 7.42. The average molecular weight is 409 g/mol. The van der Waals surface area contributed by atoms with Crippen molar-refractivity contribution in [3.05, 3.63) is 29.8 Å². The van der Waals surface area contributed by atoms with E-state index in [2.05, 4.69) is 11.7 Å². The molecule has 1 aromatic carbocycles. The number of unbranched alkanes of at least 4 members (excludes halogenated alkanes) is 12. The summed E-state index contributed by atoms with van der Waals surface area (Å²) in [6, 6.07) is 5.88. The van der Waals surface area contributed by atoms with Crippen molar-refractivity contribution in [1.82, 2.24) is 0 Å². The first kappa shape index (κ1) is 27.0. The van der Waals surface area contributed by atoms with Crippen molar-refractivity contribution in [2.75, 3.05) is 7.11 Å². The van der Waals surface area contributed by atoms with Crippen LogP contribution in [0.15, 0.2) is 24.3 Å². The van der Waals surface area contributed by atoms with Gasteiger partial charge in [0.25, 0.3) is 0 Å². The molecular weight excluding hydrogens is 368 g/mol. The number of phenolic OH excluding ortho intramolecular Hbond substituents is 1. The Morgan fingerprint density at radius 1 is 0.759 bits per heavy atom. The zero-order chi connectivity index (χ0) is 21.7. The average Bonchev–Trinajstić information content (AvgIpc) is 2.71. The molecule has 0 saturated carbocycles. The van der Waals surface area contributed by atoms with Crippen LogP contribution in [0, 0.1) is 0 Å². The third-order valence-electron chi connectivity index (χ3n) is 4.78. The van der Waals surface area contributed by atoms with Crippen LogP contribution < -0.4 is 0 Å². The van der Waals surface area contributed by atoms with E-state index in [9.17, 15) is 9.59 Å². The third-order valence-corrected chi connectivity index (χ3v) is 4.78. The Morgan fingerprint density at radius 3 is 1.55 bits per heavy atom. The van der Waals surface area contributed by atoms with E-state index >= 15 is 0 Å². The largest absolute Gasteiger partial charge is 0.508 e. The molecule has 166 valence electrons. The lowest BCUT2D eigenvalue weighted by molar-refractivity contribution is -0.137. The van der Waals surface area contributed by atoms with Crippen LogP contribution in [0.5, 0.6) is 5.75 Å². The molecule has 0 amide bonds. The van der Waals surface area contributed by atoms with E-state index in [1.165, 1.54) is 102 Å². The molecule has 1 aromatic rings. The van der Waals surface area contributed by atoms with Crippen molar-refractivity contribution in [3.63, 3.8) is 0 Å². The highest BCUT2D eigenvalue weighted by Crippen LogP contribution is 2.13. The van der Waals surface area contributed by atoms with Gasteiger partial charge in [0, 0.05) is 6.42 Å². The number of hydrogen-bond acceptors (Lipinski definition) is 4. The first-order valence-electron chi connectivity index (χ1n) is 11.1. The zero-order valence-electron chi connectivity index (χ0n) is 18.3. The number of methoxy groups -OCH3 is 1. The van der Waals surface area contributed by atoms with Gasteiger partial charge in [0.2, 0.25) is 0 Å². The first-order valence-corrected chi connectivity index (χ1v) is 11.1. The van der Waals surface area contributed by atoms with Gasteiger partial charge in [-0.25, -0.2) is 4.79 Å². The third kappa shape index (κ3) is 17.8. The van der Waals surface area contributed by atoms with Crippen LogP contribution in [0.25, 0.3) is 0 Å². The van der Waals surface area contributed by atoms with Gasteiger partial charge < -0.3 is 14.9 Å². The van der Waals surface area contributed by atoms with E-state index in [1.54, 1.807) is 0 Å². The fourth-order valence-electron chi connectivity index (χ4n) is 3.01. The number of carboxylic acids is 1. The lowest BCUT2D eigenvalue weighted by Crippen LogP contribution is -1.99. The Hall–Kier alpha value is -2.04. The van der Waals surface area contributed by atoms with Gasteiger partial charge >= 0.3 is 11.9 Å². The maximum absolute atomic E-state index is 10.8. The minimum absolute atomic E-state index is 0.137. The quantitative estimate of drug-likeness (QED) is 0.248. The fourth-order valence-corrected chi connectivity index (χ4v) is 3.01. The number of rotatable bonds is 15. The van der Waals surface area contributed by atoms with Crippen molar-refractivity contribution in [2.45, 2.75) is 96.8 Å². The SMILES string of the molecule is CCCCCCCCCCCCCCCC(=O)O.COC(=O)c1ccc(O)cc1. The lowest BCUT2D eigenvalue weighted by atomic mass is 10.0. The molecule has 0 radical (unpaired) electrons. The Balaban J connectivity index is 0.000000604. The van der Waals surface area contributed by atoms with E-state index in [-0.39, 0.29) is 5.75 Å². The van der Waals surface area contributed by atoms with E-state index < -0.39 is 11.9 Å². The summed E-state index contributed by atoms with van der Waals surface area (Å²) in [6.07, 6.45) is 17.3. The van der Waals surface area contributed by atoms with E-state index in [0.29, 0.717) is 12.0 Å². The van der Waals surface area contributed by atoms with Crippen molar-refractivity contribution in [3.8, 4) is 5.75 Å². The van der Waals surface area contributed by atoms with Gasteiger partial charge in [-0.15, -0.1) is 0 Å². The number of hydrogen-bond donors (Lipinski definition) is 2. The standard InChI is InChI=1S/C16H32O2.C8H8O3/c1-2-3-4-5-6-7-8-9-10-11-12-13-14-15-16(17)18;1-11-8(10)6-2-4-7(9)5-3-6/h2-15H2,1H3,(H,17,18);2-5,9H,1H3.